The van der Waals surface area contributed by atoms with Crippen LogP contribution in [0, 0.1) is 0 Å². The molecule has 0 amide bonds. The van der Waals surface area contributed by atoms with Gasteiger partial charge in [0.2, 0.25) is 0 Å². The van der Waals surface area contributed by atoms with Crippen molar-refractivity contribution in [2.75, 3.05) is 25.1 Å². The number of aromatic nitrogens is 2. The molecule has 0 spiro atoms. The topological polar surface area (TPSA) is 108 Å². The van der Waals surface area contributed by atoms with Crippen molar-refractivity contribution in [3.8, 4) is 0 Å². The zero-order valence-corrected chi connectivity index (χ0v) is 9.98. The minimum absolute atomic E-state index is 0.123. The predicted octanol–water partition coefficient (Wildman–Crippen LogP) is -1.44. The van der Waals surface area contributed by atoms with Gasteiger partial charge in [-0.3, -0.25) is 4.79 Å². The van der Waals surface area contributed by atoms with Crippen LogP contribution in [0.5, 0.6) is 0 Å². The molecule has 7 nitrogen and oxygen atoms in total. The van der Waals surface area contributed by atoms with Gasteiger partial charge >= 0.3 is 0 Å². The second-order valence-corrected chi connectivity index (χ2v) is 4.06. The number of rotatable bonds is 5. The third-order valence-corrected chi connectivity index (χ3v) is 2.75. The van der Waals surface area contributed by atoms with Gasteiger partial charge in [-0.05, 0) is 0 Å². The molecule has 1 aromatic heterocycles. The zero-order valence-electron chi connectivity index (χ0n) is 9.22. The molecule has 0 fully saturated rings. The monoisotopic (exact) mass is 263 g/mol. The van der Waals surface area contributed by atoms with Gasteiger partial charge in [0.05, 0.1) is 31.7 Å². The average Bonchev–Trinajstić information content (AvgIpc) is 2.36. The lowest BCUT2D eigenvalue weighted by Gasteiger charge is -2.29. The maximum absolute atomic E-state index is 11.5. The van der Waals surface area contributed by atoms with Crippen LogP contribution in [0.3, 0.4) is 0 Å². The Morgan fingerprint density at radius 1 is 1.41 bits per heavy atom. The van der Waals surface area contributed by atoms with E-state index < -0.39 is 30.9 Å². The van der Waals surface area contributed by atoms with Crippen LogP contribution in [-0.4, -0.2) is 50.5 Å². The van der Waals surface area contributed by atoms with E-state index in [1.165, 1.54) is 13.2 Å². The van der Waals surface area contributed by atoms with E-state index >= 15 is 0 Å². The fourth-order valence-electron chi connectivity index (χ4n) is 1.15. The highest BCUT2D eigenvalue weighted by Gasteiger charge is 2.29. The summed E-state index contributed by atoms with van der Waals surface area (Å²) in [6.07, 6.45) is 1.28. The molecule has 1 heterocycles. The highest BCUT2D eigenvalue weighted by atomic mass is 35.5. The number of hydrogen-bond donors (Lipinski definition) is 4. The maximum atomic E-state index is 11.5. The molecule has 1 aromatic rings. The Morgan fingerprint density at radius 3 is 2.41 bits per heavy atom. The van der Waals surface area contributed by atoms with Crippen molar-refractivity contribution >= 4 is 17.3 Å². The number of aryl methyl sites for hydroxylation is 1. The molecule has 1 rings (SSSR count). The van der Waals surface area contributed by atoms with Gasteiger partial charge in [0.15, 0.2) is 0 Å². The van der Waals surface area contributed by atoms with Crippen LogP contribution >= 0.6 is 11.6 Å². The first-order valence-electron chi connectivity index (χ1n) is 4.82. The van der Waals surface area contributed by atoms with Crippen molar-refractivity contribution in [2.45, 2.75) is 5.54 Å². The van der Waals surface area contributed by atoms with Crippen LogP contribution < -0.4 is 10.9 Å². The summed E-state index contributed by atoms with van der Waals surface area (Å²) in [4.78, 5) is 11.5. The third-order valence-electron chi connectivity index (χ3n) is 2.39. The Bertz CT molecular complexity index is 436. The van der Waals surface area contributed by atoms with Crippen molar-refractivity contribution in [1.29, 1.82) is 0 Å². The molecule has 0 aromatic carbocycles. The number of aliphatic hydroxyl groups is 3. The molecule has 8 heteroatoms. The SMILES string of the molecule is Cn1ncc(NC(CO)(CO)CO)c(Cl)c1=O. The number of hydrogen-bond acceptors (Lipinski definition) is 6. The number of nitrogens with one attached hydrogen (secondary N) is 1. The van der Waals surface area contributed by atoms with Crippen molar-refractivity contribution in [1.82, 2.24) is 9.78 Å². The quantitative estimate of drug-likeness (QED) is 0.518. The van der Waals surface area contributed by atoms with Crippen LogP contribution in [0.25, 0.3) is 0 Å². The van der Waals surface area contributed by atoms with E-state index in [-0.39, 0.29) is 10.7 Å². The summed E-state index contributed by atoms with van der Waals surface area (Å²) in [5, 5.41) is 33.6. The Labute approximate surface area is 102 Å². The standard InChI is InChI=1S/C9H14ClN3O4/c1-13-8(17)7(10)6(2-11-13)12-9(3-14,4-15)5-16/h2,12,14-16H,3-5H2,1H3. The molecular weight excluding hydrogens is 250 g/mol. The normalized spacial score (nSPS) is 11.6. The molecule has 0 radical (unpaired) electrons. The van der Waals surface area contributed by atoms with E-state index in [0.717, 1.165) is 4.68 Å². The molecule has 17 heavy (non-hydrogen) atoms. The third kappa shape index (κ3) is 2.75. The first-order valence-corrected chi connectivity index (χ1v) is 5.20. The van der Waals surface area contributed by atoms with E-state index in [4.69, 9.17) is 26.9 Å². The van der Waals surface area contributed by atoms with Crippen molar-refractivity contribution < 1.29 is 15.3 Å². The van der Waals surface area contributed by atoms with Gasteiger partial charge in [-0.1, -0.05) is 11.6 Å². The first-order chi connectivity index (χ1) is 7.99. The summed E-state index contributed by atoms with van der Waals surface area (Å²) < 4.78 is 1.05. The van der Waals surface area contributed by atoms with Gasteiger partial charge in [0.25, 0.3) is 5.56 Å². The molecule has 0 aliphatic carbocycles. The summed E-state index contributed by atoms with van der Waals surface area (Å²) in [7, 11) is 1.44. The number of anilines is 1. The Kier molecular flexibility index (Phi) is 4.47. The molecule has 0 aliphatic heterocycles. The number of aliphatic hydroxyl groups excluding tert-OH is 3. The van der Waals surface area contributed by atoms with Crippen LogP contribution in [0.1, 0.15) is 0 Å². The molecule has 0 atom stereocenters. The van der Waals surface area contributed by atoms with E-state index in [9.17, 15) is 4.79 Å². The summed E-state index contributed by atoms with van der Waals surface area (Å²) in [5.74, 6) is 0. The van der Waals surface area contributed by atoms with Gasteiger partial charge in [0.1, 0.15) is 10.6 Å². The van der Waals surface area contributed by atoms with Crippen molar-refractivity contribution in [3.63, 3.8) is 0 Å². The van der Waals surface area contributed by atoms with Crippen LogP contribution in [0.4, 0.5) is 5.69 Å². The summed E-state index contributed by atoms with van der Waals surface area (Å²) in [6, 6.07) is 0. The average molecular weight is 264 g/mol. The van der Waals surface area contributed by atoms with Crippen LogP contribution in [-0.2, 0) is 7.05 Å². The van der Waals surface area contributed by atoms with Gasteiger partial charge in [-0.15, -0.1) is 0 Å². The van der Waals surface area contributed by atoms with E-state index in [2.05, 4.69) is 10.4 Å². The maximum Gasteiger partial charge on any atom is 0.287 e. The Morgan fingerprint density at radius 2 is 1.94 bits per heavy atom. The van der Waals surface area contributed by atoms with Crippen molar-refractivity contribution in [3.05, 3.63) is 21.6 Å². The Balaban J connectivity index is 3.11. The lowest BCUT2D eigenvalue weighted by Crippen LogP contribution is -2.49. The second-order valence-electron chi connectivity index (χ2n) is 3.68. The molecule has 0 saturated heterocycles. The van der Waals surface area contributed by atoms with Gasteiger partial charge in [-0.2, -0.15) is 5.10 Å². The highest BCUT2D eigenvalue weighted by Crippen LogP contribution is 2.20. The van der Waals surface area contributed by atoms with Gasteiger partial charge in [0, 0.05) is 7.05 Å². The fraction of sp³-hybridized carbons (Fsp3) is 0.556. The summed E-state index contributed by atoms with van der Waals surface area (Å²) in [6.45, 7) is -1.57. The summed E-state index contributed by atoms with van der Waals surface area (Å²) in [5.41, 5.74) is -1.72. The molecular formula is C9H14ClN3O4. The van der Waals surface area contributed by atoms with Crippen LogP contribution in [0.15, 0.2) is 11.0 Å². The lowest BCUT2D eigenvalue weighted by molar-refractivity contribution is 0.0833. The van der Waals surface area contributed by atoms with E-state index in [1.54, 1.807) is 0 Å². The smallest absolute Gasteiger partial charge is 0.287 e. The summed E-state index contributed by atoms with van der Waals surface area (Å²) >= 11 is 5.79. The predicted molar refractivity (Wildman–Crippen MR) is 62.1 cm³/mol. The highest BCUT2D eigenvalue weighted by molar-refractivity contribution is 6.32. The number of halogens is 1. The van der Waals surface area contributed by atoms with Crippen LogP contribution in [0.2, 0.25) is 5.02 Å². The number of nitrogens with zero attached hydrogens (tertiary/aromatic N) is 2. The minimum Gasteiger partial charge on any atom is -0.394 e. The first kappa shape index (κ1) is 13.9. The molecule has 0 aliphatic rings. The largest absolute Gasteiger partial charge is 0.394 e. The van der Waals surface area contributed by atoms with E-state index in [1.807, 2.05) is 0 Å². The molecule has 4 N–H and O–H groups in total. The zero-order chi connectivity index (χ0) is 13.1. The van der Waals surface area contributed by atoms with Gasteiger partial charge < -0.3 is 20.6 Å². The fourth-order valence-corrected chi connectivity index (χ4v) is 1.37. The molecule has 0 bridgehead atoms. The molecule has 96 valence electrons. The van der Waals surface area contributed by atoms with Crippen molar-refractivity contribution in [2.24, 2.45) is 7.05 Å². The van der Waals surface area contributed by atoms with Gasteiger partial charge in [-0.25, -0.2) is 4.68 Å². The van der Waals surface area contributed by atoms with E-state index in [0.29, 0.717) is 0 Å². The molecule has 0 saturated carbocycles. The Hall–Kier alpha value is -1.15. The molecule has 0 unspecified atom stereocenters. The second kappa shape index (κ2) is 5.46. The minimum atomic E-state index is -1.35. The lowest BCUT2D eigenvalue weighted by atomic mass is 10.0.